The maximum atomic E-state index is 10.3. The van der Waals surface area contributed by atoms with Gasteiger partial charge in [-0.25, -0.2) is 0 Å². The van der Waals surface area contributed by atoms with E-state index in [1.165, 1.54) is 11.8 Å². The summed E-state index contributed by atoms with van der Waals surface area (Å²) in [4.78, 5) is 19.8. The summed E-state index contributed by atoms with van der Waals surface area (Å²) in [5, 5.41) is 2.01. The molecule has 0 spiro atoms. The Balaban J connectivity index is 3.18. The van der Waals surface area contributed by atoms with E-state index >= 15 is 0 Å². The van der Waals surface area contributed by atoms with Crippen molar-refractivity contribution in [2.75, 3.05) is 12.0 Å². The smallest absolute Gasteiger partial charge is 0.236 e. The fraction of sp³-hybridized carbons (Fsp3) is 0.500. The fourth-order valence-corrected chi connectivity index (χ4v) is 0.584. The van der Waals surface area contributed by atoms with E-state index in [4.69, 9.17) is 0 Å². The predicted molar refractivity (Wildman–Crippen MR) is 32.6 cm³/mol. The zero-order valence-electron chi connectivity index (χ0n) is 4.51. The van der Waals surface area contributed by atoms with Crippen LogP contribution < -0.4 is 5.32 Å². The van der Waals surface area contributed by atoms with Crippen LogP contribution in [-0.4, -0.2) is 24.3 Å². The summed E-state index contributed by atoms with van der Waals surface area (Å²) in [7, 11) is 0. The van der Waals surface area contributed by atoms with Crippen LogP contribution in [0.1, 0.15) is 0 Å². The molecule has 0 aliphatic carbocycles. The lowest BCUT2D eigenvalue weighted by molar-refractivity contribution is -0.123. The molecule has 0 rings (SSSR count). The number of imide groups is 1. The van der Waals surface area contributed by atoms with Crippen molar-refractivity contribution < 1.29 is 9.59 Å². The number of nitrogens with one attached hydrogen (secondary N) is 1. The molecule has 0 unspecified atom stereocenters. The van der Waals surface area contributed by atoms with Gasteiger partial charge in [0.25, 0.3) is 0 Å². The lowest BCUT2D eigenvalue weighted by Gasteiger charge is -1.90. The number of carbonyl (C=O) groups excluding carboxylic acids is 2. The lowest BCUT2D eigenvalue weighted by atomic mass is 10.7. The predicted octanol–water partition coefficient (Wildman–Crippen LogP) is -0.378. The van der Waals surface area contributed by atoms with Crippen molar-refractivity contribution in [3.8, 4) is 0 Å². The maximum absolute atomic E-state index is 10.3. The molecule has 4 heteroatoms. The quantitative estimate of drug-likeness (QED) is 0.534. The zero-order valence-corrected chi connectivity index (χ0v) is 5.33. The fourth-order valence-electron chi connectivity index (χ4n) is 0.238. The Hall–Kier alpha value is -0.510. The largest absolute Gasteiger partial charge is 0.298 e. The molecule has 1 N–H and O–H groups in total. The van der Waals surface area contributed by atoms with Crippen LogP contribution in [0.2, 0.25) is 0 Å². The summed E-state index contributed by atoms with van der Waals surface area (Å²) in [5.41, 5.74) is 0. The molecule has 0 saturated heterocycles. The SMILES string of the molecule is CSCC(=O)NC=O. The first-order chi connectivity index (χ1) is 3.81. The van der Waals surface area contributed by atoms with Crippen LogP contribution in [0.4, 0.5) is 0 Å². The number of hydrogen-bond donors (Lipinski definition) is 1. The highest BCUT2D eigenvalue weighted by Gasteiger charge is 1.93. The third-order valence-corrected chi connectivity index (χ3v) is 1.05. The van der Waals surface area contributed by atoms with Crippen molar-refractivity contribution in [2.24, 2.45) is 0 Å². The molecule has 0 radical (unpaired) electrons. The number of rotatable bonds is 3. The summed E-state index contributed by atoms with van der Waals surface area (Å²) >= 11 is 1.38. The number of hydrogen-bond acceptors (Lipinski definition) is 3. The Kier molecular flexibility index (Phi) is 4.35. The molecular formula is C4H7NO2S. The molecule has 0 aliphatic heterocycles. The van der Waals surface area contributed by atoms with E-state index in [9.17, 15) is 9.59 Å². The summed E-state index contributed by atoms with van der Waals surface area (Å²) in [6.07, 6.45) is 2.18. The highest BCUT2D eigenvalue weighted by molar-refractivity contribution is 7.99. The molecule has 0 aromatic carbocycles. The van der Waals surface area contributed by atoms with E-state index in [1.54, 1.807) is 6.26 Å². The van der Waals surface area contributed by atoms with Gasteiger partial charge in [-0.05, 0) is 6.26 Å². The average Bonchev–Trinajstić information content (AvgIpc) is 1.68. The van der Waals surface area contributed by atoms with Crippen LogP contribution in [0.15, 0.2) is 0 Å². The van der Waals surface area contributed by atoms with E-state index in [1.807, 2.05) is 5.32 Å². The van der Waals surface area contributed by atoms with E-state index in [0.717, 1.165) is 0 Å². The average molecular weight is 133 g/mol. The highest BCUT2D eigenvalue weighted by Crippen LogP contribution is 1.87. The molecule has 0 heterocycles. The highest BCUT2D eigenvalue weighted by atomic mass is 32.2. The maximum Gasteiger partial charge on any atom is 0.236 e. The Morgan fingerprint density at radius 2 is 2.50 bits per heavy atom. The van der Waals surface area contributed by atoms with Crippen molar-refractivity contribution in [3.63, 3.8) is 0 Å². The van der Waals surface area contributed by atoms with Crippen molar-refractivity contribution in [2.45, 2.75) is 0 Å². The third kappa shape index (κ3) is 3.67. The molecule has 8 heavy (non-hydrogen) atoms. The molecule has 0 bridgehead atoms. The Morgan fingerprint density at radius 3 is 2.88 bits per heavy atom. The molecule has 0 aliphatic rings. The number of thioether (sulfide) groups is 1. The minimum absolute atomic E-state index is 0.243. The van der Waals surface area contributed by atoms with Gasteiger partial charge in [0.2, 0.25) is 12.3 Å². The number of amides is 2. The van der Waals surface area contributed by atoms with Crippen molar-refractivity contribution >= 4 is 24.1 Å². The van der Waals surface area contributed by atoms with Crippen molar-refractivity contribution in [3.05, 3.63) is 0 Å². The van der Waals surface area contributed by atoms with Crippen LogP contribution in [-0.2, 0) is 9.59 Å². The van der Waals surface area contributed by atoms with Crippen molar-refractivity contribution in [1.29, 1.82) is 0 Å². The van der Waals surface area contributed by atoms with Gasteiger partial charge in [0, 0.05) is 0 Å². The monoisotopic (exact) mass is 133 g/mol. The second-order valence-electron chi connectivity index (χ2n) is 1.12. The molecule has 0 saturated carbocycles. The van der Waals surface area contributed by atoms with Gasteiger partial charge < -0.3 is 0 Å². The van der Waals surface area contributed by atoms with Crippen LogP contribution in [0.3, 0.4) is 0 Å². The first-order valence-corrected chi connectivity index (χ1v) is 3.42. The summed E-state index contributed by atoms with van der Waals surface area (Å²) < 4.78 is 0. The molecule has 0 fully saturated rings. The molecule has 2 amide bonds. The number of carbonyl (C=O) groups is 2. The Labute approximate surface area is 51.8 Å². The summed E-state index contributed by atoms with van der Waals surface area (Å²) in [6.45, 7) is 0. The molecular weight excluding hydrogens is 126 g/mol. The van der Waals surface area contributed by atoms with Crippen molar-refractivity contribution in [1.82, 2.24) is 5.32 Å². The molecule has 0 atom stereocenters. The van der Waals surface area contributed by atoms with E-state index < -0.39 is 0 Å². The van der Waals surface area contributed by atoms with Crippen LogP contribution in [0, 0.1) is 0 Å². The van der Waals surface area contributed by atoms with Crippen LogP contribution >= 0.6 is 11.8 Å². The summed E-state index contributed by atoms with van der Waals surface area (Å²) in [6, 6.07) is 0. The van der Waals surface area contributed by atoms with Crippen LogP contribution in [0.25, 0.3) is 0 Å². The first-order valence-electron chi connectivity index (χ1n) is 2.03. The third-order valence-electron chi connectivity index (χ3n) is 0.495. The van der Waals surface area contributed by atoms with Gasteiger partial charge in [0.1, 0.15) is 0 Å². The van der Waals surface area contributed by atoms with E-state index in [2.05, 4.69) is 0 Å². The van der Waals surface area contributed by atoms with Gasteiger partial charge in [-0.3, -0.25) is 14.9 Å². The molecule has 3 nitrogen and oxygen atoms in total. The topological polar surface area (TPSA) is 46.2 Å². The van der Waals surface area contributed by atoms with Gasteiger partial charge in [-0.15, -0.1) is 0 Å². The summed E-state index contributed by atoms with van der Waals surface area (Å²) in [5.74, 6) is 0.103. The Morgan fingerprint density at radius 1 is 1.88 bits per heavy atom. The van der Waals surface area contributed by atoms with E-state index in [-0.39, 0.29) is 5.91 Å². The zero-order chi connectivity index (χ0) is 6.41. The lowest BCUT2D eigenvalue weighted by Crippen LogP contribution is -2.22. The normalized spacial score (nSPS) is 8.12. The minimum atomic E-state index is -0.243. The Bertz CT molecular complexity index is 94.0. The van der Waals surface area contributed by atoms with Gasteiger partial charge >= 0.3 is 0 Å². The first kappa shape index (κ1) is 7.49. The molecule has 46 valence electrons. The van der Waals surface area contributed by atoms with Gasteiger partial charge in [-0.1, -0.05) is 0 Å². The van der Waals surface area contributed by atoms with Crippen LogP contribution in [0.5, 0.6) is 0 Å². The van der Waals surface area contributed by atoms with Gasteiger partial charge in [0.05, 0.1) is 5.75 Å². The second kappa shape index (κ2) is 4.64. The van der Waals surface area contributed by atoms with E-state index in [0.29, 0.717) is 12.2 Å². The molecule has 0 aromatic heterocycles. The molecule has 0 aromatic rings. The minimum Gasteiger partial charge on any atom is -0.298 e. The second-order valence-corrected chi connectivity index (χ2v) is 1.98. The van der Waals surface area contributed by atoms with Gasteiger partial charge in [0.15, 0.2) is 0 Å². The standard InChI is InChI=1S/C4H7NO2S/c1-8-2-4(7)5-3-6/h3H,2H2,1H3,(H,5,6,7). The van der Waals surface area contributed by atoms with Gasteiger partial charge in [-0.2, -0.15) is 11.8 Å².